The molecule has 1 nitrogen and oxygen atoms in total. The Balaban J connectivity index is 2.52. The molecule has 15 heavy (non-hydrogen) atoms. The van der Waals surface area contributed by atoms with Gasteiger partial charge in [-0.2, -0.15) is 0 Å². The molecule has 0 heterocycles. The van der Waals surface area contributed by atoms with Crippen molar-refractivity contribution in [1.82, 2.24) is 4.90 Å². The van der Waals surface area contributed by atoms with Crippen LogP contribution in [0.15, 0.2) is 0 Å². The van der Waals surface area contributed by atoms with Gasteiger partial charge in [-0.25, -0.2) is 0 Å². The van der Waals surface area contributed by atoms with Gasteiger partial charge in [0.2, 0.25) is 0 Å². The summed E-state index contributed by atoms with van der Waals surface area (Å²) in [6.45, 7) is -0.145. The van der Waals surface area contributed by atoms with Gasteiger partial charge in [0.25, 0.3) is 0 Å². The highest BCUT2D eigenvalue weighted by molar-refractivity contribution is 6.58. The topological polar surface area (TPSA) is 3.24 Å². The molecule has 0 atom stereocenters. The van der Waals surface area contributed by atoms with Gasteiger partial charge in [-0.05, 0) is 31.7 Å². The fraction of sp³-hybridized carbons (Fsp3) is 1.00. The first-order valence-electron chi connectivity index (χ1n) is 5.83. The maximum Gasteiger partial charge on any atom is 0.492 e. The lowest BCUT2D eigenvalue weighted by Crippen LogP contribution is -2.44. The largest absolute Gasteiger partial charge is 0.492 e. The fourth-order valence-electron chi connectivity index (χ4n) is 2.38. The molecule has 0 aromatic rings. The fourth-order valence-corrected chi connectivity index (χ4v) is 2.38. The predicted molar refractivity (Wildman–Crippen MR) is 57.7 cm³/mol. The Morgan fingerprint density at radius 3 is 2.13 bits per heavy atom. The van der Waals surface area contributed by atoms with Crippen LogP contribution in [0, 0.1) is 5.92 Å². The van der Waals surface area contributed by atoms with Gasteiger partial charge >= 0.3 is 6.98 Å². The van der Waals surface area contributed by atoms with E-state index in [9.17, 15) is 12.9 Å². The van der Waals surface area contributed by atoms with Crippen molar-refractivity contribution in [3.05, 3.63) is 0 Å². The van der Waals surface area contributed by atoms with Gasteiger partial charge < -0.3 is 17.8 Å². The molecule has 1 fully saturated rings. The van der Waals surface area contributed by atoms with Crippen LogP contribution >= 0.6 is 0 Å². The van der Waals surface area contributed by atoms with E-state index < -0.39 is 13.4 Å². The average Bonchev–Trinajstić information content (AvgIpc) is 2.50. The van der Waals surface area contributed by atoms with Gasteiger partial charge in [0.05, 0.1) is 0 Å². The molecule has 1 aliphatic carbocycles. The van der Waals surface area contributed by atoms with Crippen LogP contribution < -0.4 is 0 Å². The number of hydrogen-bond acceptors (Lipinski definition) is 1. The van der Waals surface area contributed by atoms with Crippen LogP contribution in [0.3, 0.4) is 0 Å². The molecule has 0 bridgehead atoms. The van der Waals surface area contributed by atoms with Crippen molar-refractivity contribution < 1.29 is 12.9 Å². The minimum absolute atomic E-state index is 0.177. The Hall–Kier alpha value is -0.185. The molecule has 1 rings (SSSR count). The van der Waals surface area contributed by atoms with Crippen LogP contribution in [-0.2, 0) is 0 Å². The summed E-state index contributed by atoms with van der Waals surface area (Å²) in [5.74, 6) is 0.309. The van der Waals surface area contributed by atoms with Crippen LogP contribution in [0.1, 0.15) is 39.5 Å². The van der Waals surface area contributed by atoms with E-state index in [4.69, 9.17) is 0 Å². The first-order valence-corrected chi connectivity index (χ1v) is 5.83. The molecule has 1 aliphatic rings. The molecule has 0 spiro atoms. The zero-order chi connectivity index (χ0) is 11.5. The molecule has 1 saturated carbocycles. The van der Waals surface area contributed by atoms with Gasteiger partial charge in [0.1, 0.15) is 0 Å². The highest BCUT2D eigenvalue weighted by Crippen LogP contribution is 2.26. The van der Waals surface area contributed by atoms with Crippen LogP contribution in [0.2, 0.25) is 0 Å². The van der Waals surface area contributed by atoms with Crippen molar-refractivity contribution in [2.75, 3.05) is 13.0 Å². The Morgan fingerprint density at radius 2 is 1.73 bits per heavy atom. The minimum Gasteiger partial charge on any atom is -0.448 e. The van der Waals surface area contributed by atoms with Crippen molar-refractivity contribution in [2.45, 2.75) is 45.6 Å². The Morgan fingerprint density at radius 1 is 1.20 bits per heavy atom. The van der Waals surface area contributed by atoms with Crippen molar-refractivity contribution in [2.24, 2.45) is 5.92 Å². The summed E-state index contributed by atoms with van der Waals surface area (Å²) < 4.78 is 37.3. The van der Waals surface area contributed by atoms with E-state index in [1.807, 2.05) is 13.8 Å². The maximum atomic E-state index is 12.4. The quantitative estimate of drug-likeness (QED) is 0.645. The summed E-state index contributed by atoms with van der Waals surface area (Å²) in [5.41, 5.74) is 0. The van der Waals surface area contributed by atoms with Gasteiger partial charge in [-0.3, -0.25) is 0 Å². The number of nitrogens with zero attached hydrogens (tertiary/aromatic N) is 1. The van der Waals surface area contributed by atoms with Crippen LogP contribution in [0.4, 0.5) is 12.9 Å². The van der Waals surface area contributed by atoms with E-state index in [1.165, 1.54) is 0 Å². The lowest BCUT2D eigenvalue weighted by Gasteiger charge is -2.34. The van der Waals surface area contributed by atoms with Crippen molar-refractivity contribution in [1.29, 1.82) is 0 Å². The molecule has 0 aromatic carbocycles. The number of halogens is 3. The molecule has 90 valence electrons. The lowest BCUT2D eigenvalue weighted by atomic mass is 9.89. The lowest BCUT2D eigenvalue weighted by molar-refractivity contribution is 0.187. The average molecular weight is 222 g/mol. The molecular formula is C10H20BF3N-. The van der Waals surface area contributed by atoms with Gasteiger partial charge in [0, 0.05) is 6.04 Å². The molecule has 0 unspecified atom stereocenters. The standard InChI is InChI=1S/C10H20BF3N/c1-9(2)7-15(8-11(12,13)14)10-5-3-4-6-10/h9-10H,3-8H2,1-2H3/q-1. The van der Waals surface area contributed by atoms with Crippen molar-refractivity contribution in [3.8, 4) is 0 Å². The van der Waals surface area contributed by atoms with E-state index in [0.717, 1.165) is 25.7 Å². The van der Waals surface area contributed by atoms with E-state index >= 15 is 0 Å². The van der Waals surface area contributed by atoms with Crippen molar-refractivity contribution >= 4 is 6.98 Å². The van der Waals surface area contributed by atoms with E-state index in [0.29, 0.717) is 12.5 Å². The SMILES string of the molecule is CC(C)CN(C[B-](F)(F)F)C1CCCC1. The zero-order valence-electron chi connectivity index (χ0n) is 9.56. The van der Waals surface area contributed by atoms with Crippen LogP contribution in [0.5, 0.6) is 0 Å². The smallest absolute Gasteiger partial charge is 0.448 e. The highest BCUT2D eigenvalue weighted by atomic mass is 19.4. The summed E-state index contributed by atoms with van der Waals surface area (Å²) >= 11 is 0. The molecule has 0 N–H and O–H groups in total. The third kappa shape index (κ3) is 4.91. The molecular weight excluding hydrogens is 202 g/mol. The van der Waals surface area contributed by atoms with Crippen molar-refractivity contribution in [3.63, 3.8) is 0 Å². The van der Waals surface area contributed by atoms with Gasteiger partial charge in [0.15, 0.2) is 0 Å². The van der Waals surface area contributed by atoms with Gasteiger partial charge in [-0.1, -0.05) is 26.7 Å². The second-order valence-corrected chi connectivity index (χ2v) is 5.00. The third-order valence-electron chi connectivity index (χ3n) is 2.88. The molecule has 0 aliphatic heterocycles. The molecule has 0 amide bonds. The third-order valence-corrected chi connectivity index (χ3v) is 2.88. The first-order chi connectivity index (χ1) is 6.88. The summed E-state index contributed by atoms with van der Waals surface area (Å²) in [5, 5.41) is 0. The second kappa shape index (κ2) is 5.24. The number of hydrogen-bond donors (Lipinski definition) is 0. The summed E-state index contributed by atoms with van der Waals surface area (Å²) in [6, 6.07) is 0.177. The van der Waals surface area contributed by atoms with Crippen LogP contribution in [0.25, 0.3) is 0 Å². The Kier molecular flexibility index (Phi) is 4.50. The molecule has 0 saturated heterocycles. The second-order valence-electron chi connectivity index (χ2n) is 5.00. The molecule has 5 heteroatoms. The Labute approximate surface area is 90.1 Å². The molecule has 0 aromatic heterocycles. The van der Waals surface area contributed by atoms with E-state index in [1.54, 1.807) is 4.90 Å². The van der Waals surface area contributed by atoms with E-state index in [2.05, 4.69) is 0 Å². The van der Waals surface area contributed by atoms with Gasteiger partial charge in [-0.15, -0.1) is 0 Å². The monoisotopic (exact) mass is 222 g/mol. The first kappa shape index (κ1) is 12.9. The Bertz CT molecular complexity index is 188. The summed E-state index contributed by atoms with van der Waals surface area (Å²) in [7, 11) is 0. The highest BCUT2D eigenvalue weighted by Gasteiger charge is 2.31. The van der Waals surface area contributed by atoms with E-state index in [-0.39, 0.29) is 6.04 Å². The predicted octanol–water partition coefficient (Wildman–Crippen LogP) is 3.27. The minimum atomic E-state index is -4.67. The van der Waals surface area contributed by atoms with Crippen LogP contribution in [-0.4, -0.2) is 30.9 Å². The maximum absolute atomic E-state index is 12.4. The normalized spacial score (nSPS) is 19.4. The molecule has 0 radical (unpaired) electrons. The summed E-state index contributed by atoms with van der Waals surface area (Å²) in [4.78, 5) is 1.65. The zero-order valence-corrected chi connectivity index (χ0v) is 9.56. The number of rotatable bonds is 5. The summed E-state index contributed by atoms with van der Waals surface area (Å²) in [6.07, 6.45) is 3.38.